The second-order valence-corrected chi connectivity index (χ2v) is 7.04. The number of carbonyl (C=O) groups excluding carboxylic acids is 3. The highest BCUT2D eigenvalue weighted by Gasteiger charge is 2.20. The molecule has 1 aromatic heterocycles. The number of thiophene rings is 1. The standard InChI is InChI=1S/C21H18N2O4S/c1-27-15-9-7-13(8-10-15)11-17(24)20(26)23-21-16(19(22)25)12-18(28-21)14-5-3-2-4-6-14/h2-10,12H,11H2,1H3,(H2,22,25)(H,23,26). The molecule has 142 valence electrons. The quantitative estimate of drug-likeness (QED) is 0.601. The molecule has 0 spiro atoms. The van der Waals surface area contributed by atoms with Crippen molar-refractivity contribution in [1.82, 2.24) is 0 Å². The molecule has 7 heteroatoms. The Morgan fingerprint density at radius 3 is 2.32 bits per heavy atom. The number of hydrogen-bond acceptors (Lipinski definition) is 5. The van der Waals surface area contributed by atoms with Crippen LogP contribution in [0.15, 0.2) is 60.7 Å². The fourth-order valence-electron chi connectivity index (χ4n) is 2.59. The molecule has 1 heterocycles. The molecule has 0 aliphatic heterocycles. The summed E-state index contributed by atoms with van der Waals surface area (Å²) in [4.78, 5) is 37.1. The molecule has 2 aromatic carbocycles. The molecule has 3 rings (SSSR count). The van der Waals surface area contributed by atoms with E-state index in [4.69, 9.17) is 10.5 Å². The fraction of sp³-hybridized carbons (Fsp3) is 0.0952. The van der Waals surface area contributed by atoms with E-state index in [1.165, 1.54) is 11.3 Å². The molecule has 2 amide bonds. The van der Waals surface area contributed by atoms with Crippen LogP contribution in [0.25, 0.3) is 10.4 Å². The third-order valence-electron chi connectivity index (χ3n) is 4.06. The van der Waals surface area contributed by atoms with Crippen LogP contribution in [0.2, 0.25) is 0 Å². The zero-order valence-electron chi connectivity index (χ0n) is 15.1. The number of carbonyl (C=O) groups is 3. The van der Waals surface area contributed by atoms with Crippen LogP contribution in [0.4, 0.5) is 5.00 Å². The number of benzene rings is 2. The van der Waals surface area contributed by atoms with Gasteiger partial charge < -0.3 is 15.8 Å². The number of nitrogens with two attached hydrogens (primary N) is 1. The first-order valence-corrected chi connectivity index (χ1v) is 9.25. The third kappa shape index (κ3) is 4.44. The van der Waals surface area contributed by atoms with Crippen LogP contribution in [-0.2, 0) is 16.0 Å². The van der Waals surface area contributed by atoms with Crippen molar-refractivity contribution in [3.8, 4) is 16.2 Å². The second kappa shape index (κ2) is 8.49. The average molecular weight is 394 g/mol. The predicted octanol–water partition coefficient (Wildman–Crippen LogP) is 3.27. The number of hydrogen-bond donors (Lipinski definition) is 2. The van der Waals surface area contributed by atoms with Gasteiger partial charge in [0.2, 0.25) is 5.78 Å². The van der Waals surface area contributed by atoms with Gasteiger partial charge in [0.1, 0.15) is 10.8 Å². The molecule has 0 saturated carbocycles. The highest BCUT2D eigenvalue weighted by Crippen LogP contribution is 2.35. The van der Waals surface area contributed by atoms with Gasteiger partial charge in [0, 0.05) is 11.3 Å². The number of methoxy groups -OCH3 is 1. The smallest absolute Gasteiger partial charge is 0.292 e. The summed E-state index contributed by atoms with van der Waals surface area (Å²) in [6.07, 6.45) is -0.0569. The first-order valence-electron chi connectivity index (χ1n) is 8.44. The van der Waals surface area contributed by atoms with Crippen molar-refractivity contribution < 1.29 is 19.1 Å². The SMILES string of the molecule is COc1ccc(CC(=O)C(=O)Nc2sc(-c3ccccc3)cc2C(N)=O)cc1. The molecule has 0 aliphatic rings. The Morgan fingerprint density at radius 2 is 1.71 bits per heavy atom. The van der Waals surface area contributed by atoms with Crippen LogP contribution in [0, 0.1) is 0 Å². The number of rotatable bonds is 7. The second-order valence-electron chi connectivity index (χ2n) is 5.99. The van der Waals surface area contributed by atoms with Crippen LogP contribution in [0.5, 0.6) is 5.75 Å². The third-order valence-corrected chi connectivity index (χ3v) is 5.16. The molecule has 0 radical (unpaired) electrons. The van der Waals surface area contributed by atoms with Crippen molar-refractivity contribution in [2.45, 2.75) is 6.42 Å². The molecule has 28 heavy (non-hydrogen) atoms. The van der Waals surface area contributed by atoms with Gasteiger partial charge in [-0.3, -0.25) is 14.4 Å². The van der Waals surface area contributed by atoms with Crippen LogP contribution >= 0.6 is 11.3 Å². The number of amides is 2. The highest BCUT2D eigenvalue weighted by atomic mass is 32.1. The fourth-order valence-corrected chi connectivity index (χ4v) is 3.66. The van der Waals surface area contributed by atoms with Gasteiger partial charge >= 0.3 is 0 Å². The Bertz CT molecular complexity index is 1010. The molecule has 0 bridgehead atoms. The van der Waals surface area contributed by atoms with Crippen molar-refractivity contribution >= 4 is 33.9 Å². The van der Waals surface area contributed by atoms with Crippen molar-refractivity contribution in [1.29, 1.82) is 0 Å². The molecule has 6 nitrogen and oxygen atoms in total. The van der Waals surface area contributed by atoms with E-state index in [0.29, 0.717) is 11.3 Å². The van der Waals surface area contributed by atoms with Gasteiger partial charge in [0.25, 0.3) is 11.8 Å². The van der Waals surface area contributed by atoms with E-state index in [-0.39, 0.29) is 17.0 Å². The minimum Gasteiger partial charge on any atom is -0.497 e. The molecular weight excluding hydrogens is 376 g/mol. The average Bonchev–Trinajstić information content (AvgIpc) is 3.13. The number of Topliss-reactive ketones (excluding diaryl/α,β-unsaturated/α-hetero) is 1. The summed E-state index contributed by atoms with van der Waals surface area (Å²) in [5.41, 5.74) is 7.18. The lowest BCUT2D eigenvalue weighted by Gasteiger charge is -2.05. The summed E-state index contributed by atoms with van der Waals surface area (Å²) >= 11 is 1.20. The topological polar surface area (TPSA) is 98.5 Å². The largest absolute Gasteiger partial charge is 0.497 e. The lowest BCUT2D eigenvalue weighted by Crippen LogP contribution is -2.25. The summed E-state index contributed by atoms with van der Waals surface area (Å²) in [6.45, 7) is 0. The number of primary amides is 1. The molecule has 0 saturated heterocycles. The highest BCUT2D eigenvalue weighted by molar-refractivity contribution is 7.20. The van der Waals surface area contributed by atoms with E-state index in [1.807, 2.05) is 30.3 Å². The van der Waals surface area contributed by atoms with Crippen LogP contribution in [0.1, 0.15) is 15.9 Å². The maximum atomic E-state index is 12.3. The lowest BCUT2D eigenvalue weighted by molar-refractivity contribution is -0.134. The minimum atomic E-state index is -0.792. The number of nitrogens with one attached hydrogen (secondary N) is 1. The van der Waals surface area contributed by atoms with Crippen molar-refractivity contribution in [2.75, 3.05) is 12.4 Å². The van der Waals surface area contributed by atoms with Gasteiger partial charge in [-0.1, -0.05) is 42.5 Å². The molecule has 3 N–H and O–H groups in total. The Balaban J connectivity index is 1.76. The van der Waals surface area contributed by atoms with E-state index < -0.39 is 17.6 Å². The van der Waals surface area contributed by atoms with Gasteiger partial charge in [-0.25, -0.2) is 0 Å². The van der Waals surface area contributed by atoms with Gasteiger partial charge in [-0.2, -0.15) is 0 Å². The van der Waals surface area contributed by atoms with E-state index in [2.05, 4.69) is 5.32 Å². The summed E-state index contributed by atoms with van der Waals surface area (Å²) in [7, 11) is 1.55. The number of ketones is 1. The normalized spacial score (nSPS) is 10.3. The first kappa shape index (κ1) is 19.3. The van der Waals surface area contributed by atoms with E-state index in [9.17, 15) is 14.4 Å². The van der Waals surface area contributed by atoms with Crippen molar-refractivity contribution in [3.63, 3.8) is 0 Å². The Morgan fingerprint density at radius 1 is 1.04 bits per heavy atom. The van der Waals surface area contributed by atoms with Gasteiger partial charge in [-0.15, -0.1) is 11.3 Å². The molecule has 0 fully saturated rings. The molecule has 3 aromatic rings. The van der Waals surface area contributed by atoms with Gasteiger partial charge in [0.15, 0.2) is 0 Å². The zero-order chi connectivity index (χ0) is 20.1. The van der Waals surface area contributed by atoms with Gasteiger partial charge in [0.05, 0.1) is 12.7 Å². The first-order chi connectivity index (χ1) is 13.5. The Kier molecular flexibility index (Phi) is 5.86. The Hall–Kier alpha value is -3.45. The summed E-state index contributed by atoms with van der Waals surface area (Å²) in [5.74, 6) is -1.41. The predicted molar refractivity (Wildman–Crippen MR) is 109 cm³/mol. The molecule has 0 aliphatic carbocycles. The summed E-state index contributed by atoms with van der Waals surface area (Å²) < 4.78 is 5.07. The summed E-state index contributed by atoms with van der Waals surface area (Å²) in [5, 5.41) is 2.79. The summed E-state index contributed by atoms with van der Waals surface area (Å²) in [6, 6.07) is 17.9. The molecule has 0 atom stereocenters. The Labute approximate surface area is 165 Å². The van der Waals surface area contributed by atoms with Gasteiger partial charge in [-0.05, 0) is 29.3 Å². The monoisotopic (exact) mass is 394 g/mol. The van der Waals surface area contributed by atoms with Crippen LogP contribution in [0.3, 0.4) is 0 Å². The van der Waals surface area contributed by atoms with E-state index >= 15 is 0 Å². The molecule has 0 unspecified atom stereocenters. The maximum Gasteiger partial charge on any atom is 0.292 e. The lowest BCUT2D eigenvalue weighted by atomic mass is 10.1. The molecular formula is C21H18N2O4S. The van der Waals surface area contributed by atoms with Crippen molar-refractivity contribution in [3.05, 3.63) is 71.8 Å². The number of anilines is 1. The van der Waals surface area contributed by atoms with E-state index in [1.54, 1.807) is 37.4 Å². The van der Waals surface area contributed by atoms with Crippen LogP contribution < -0.4 is 15.8 Å². The van der Waals surface area contributed by atoms with Crippen LogP contribution in [-0.4, -0.2) is 24.7 Å². The number of ether oxygens (including phenoxy) is 1. The maximum absolute atomic E-state index is 12.3. The van der Waals surface area contributed by atoms with Crippen molar-refractivity contribution in [2.24, 2.45) is 5.73 Å². The zero-order valence-corrected chi connectivity index (χ0v) is 15.9. The van der Waals surface area contributed by atoms with E-state index in [0.717, 1.165) is 10.4 Å². The minimum absolute atomic E-state index is 0.0569.